The van der Waals surface area contributed by atoms with Gasteiger partial charge in [-0.1, -0.05) is 0 Å². The summed E-state index contributed by atoms with van der Waals surface area (Å²) in [7, 11) is 0. The fourth-order valence-electron chi connectivity index (χ4n) is 11.0. The second-order valence-corrected chi connectivity index (χ2v) is 21.5. The van der Waals surface area contributed by atoms with Crippen LogP contribution < -0.4 is 0 Å². The third-order valence-electron chi connectivity index (χ3n) is 15.6. The van der Waals surface area contributed by atoms with E-state index < -0.39 is 279 Å². The van der Waals surface area contributed by atoms with E-state index in [1.165, 1.54) is 0 Å². The van der Waals surface area contributed by atoms with Gasteiger partial charge in [-0.25, -0.2) is 0 Å². The van der Waals surface area contributed by atoms with Gasteiger partial charge in [0.1, 0.15) is 191 Å². The van der Waals surface area contributed by atoms with Crippen molar-refractivity contribution in [3.8, 4) is 0 Å². The Balaban J connectivity index is 1.12. The highest BCUT2D eigenvalue weighted by atomic mass is 16.8. The van der Waals surface area contributed by atoms with Crippen LogP contribution in [0.2, 0.25) is 0 Å². The Hall–Kier alpha value is -2.87. The first-order valence-corrected chi connectivity index (χ1v) is 27.3. The van der Waals surface area contributed by atoms with E-state index in [1.807, 2.05) is 0 Å². The van der Waals surface area contributed by atoms with Crippen LogP contribution >= 0.6 is 0 Å². The number of ether oxygens (including phenoxy) is 17. The lowest BCUT2D eigenvalue weighted by Crippen LogP contribution is -2.68. The molecule has 0 aromatic rings. The Bertz CT molecular complexity index is 2160. The number of hydrogen-bond donors (Lipinski definition) is 18. The number of hydrogen-bond acceptors (Lipinski definition) is 38. The van der Waals surface area contributed by atoms with E-state index in [-0.39, 0.29) is 0 Å². The lowest BCUT2D eigenvalue weighted by Gasteiger charge is -2.50. The maximum absolute atomic E-state index is 12.1. The molecule has 18 N–H and O–H groups in total. The van der Waals surface area contributed by atoms with Crippen LogP contribution in [-0.2, 0) is 94.9 Å². The molecular formula is C48H76O38. The van der Waals surface area contributed by atoms with Crippen LogP contribution in [0.25, 0.3) is 0 Å². The normalized spacial score (nSPS) is 50.5. The van der Waals surface area contributed by atoms with E-state index in [9.17, 15) is 106 Å². The third kappa shape index (κ3) is 14.7. The Kier molecular flexibility index (Phi) is 23.8. The van der Waals surface area contributed by atoms with Gasteiger partial charge in [-0.15, -0.1) is 0 Å². The summed E-state index contributed by atoms with van der Waals surface area (Å²) in [6.07, 6.45) is -72.3. The van der Waals surface area contributed by atoms with Crippen molar-refractivity contribution in [2.24, 2.45) is 0 Å². The number of aliphatic hydroxyl groups is 18. The standard InChI is InChI=1S/C48H76O38/c1-11(53)70-8-18-39-25(60)32(67)46(77-18)82-37-16(6-51)73-42(28(63)21(37)56)81-36-15(5-50)76-45(31(66)24(36)59)85-40-19(9-71-12(2)54)79-48(34(69)27(40)62)86-41-20(10-72-13(3)55)78-47(33(68)26(41)61)83-38-17(7-52)74-43(29(64)22(38)57)80-35-14(4-49)75-44(84-39)30(65)23(35)58/h14-52,56-69H,4-10H2,1-3H3/t14-,15-,16-,17-,18-,19-,20-,21-,22-,23-,24-,25-,26-,27-,28-,29-,30-,31-,32-,33-,34-,35-,36-,37-,38-,39-,40-,41-,42-,43-,44-,45-,46-,47-,48-/m1/s1. The lowest BCUT2D eigenvalue weighted by atomic mass is 9.95. The van der Waals surface area contributed by atoms with Crippen molar-refractivity contribution in [2.75, 3.05) is 46.2 Å². The van der Waals surface area contributed by atoms with E-state index in [0.717, 1.165) is 20.8 Å². The van der Waals surface area contributed by atoms with Crippen molar-refractivity contribution in [3.05, 3.63) is 0 Å². The highest BCUT2D eigenvalue weighted by molar-refractivity contribution is 5.66. The molecule has 21 fully saturated rings. The van der Waals surface area contributed by atoms with Gasteiger partial charge >= 0.3 is 17.9 Å². The monoisotopic (exact) mass is 1260 g/mol. The molecule has 0 amide bonds. The Morgan fingerprint density at radius 2 is 0.384 bits per heavy atom. The molecule has 21 aliphatic heterocycles. The maximum atomic E-state index is 12.1. The molecule has 21 rings (SSSR count). The number of rotatable bonds is 10. The Morgan fingerprint density at radius 3 is 0.523 bits per heavy atom. The van der Waals surface area contributed by atoms with Gasteiger partial charge in [0, 0.05) is 20.8 Å². The second-order valence-electron chi connectivity index (χ2n) is 21.5. The van der Waals surface area contributed by atoms with Crippen molar-refractivity contribution in [1.29, 1.82) is 0 Å². The Morgan fingerprint density at radius 1 is 0.244 bits per heavy atom. The minimum atomic E-state index is -2.28. The average Bonchev–Trinajstić information content (AvgIpc) is 1.09. The molecule has 14 bridgehead atoms. The summed E-state index contributed by atoms with van der Waals surface area (Å²) in [5, 5.41) is 203. The smallest absolute Gasteiger partial charge is 0.302 e. The van der Waals surface area contributed by atoms with Gasteiger partial charge in [0.05, 0.1) is 26.4 Å². The van der Waals surface area contributed by atoms with Crippen molar-refractivity contribution in [1.82, 2.24) is 0 Å². The summed E-state index contributed by atoms with van der Waals surface area (Å²) in [6, 6.07) is 0. The van der Waals surface area contributed by atoms with E-state index in [0.29, 0.717) is 0 Å². The van der Waals surface area contributed by atoms with Gasteiger partial charge in [-0.3, -0.25) is 14.4 Å². The van der Waals surface area contributed by atoms with Gasteiger partial charge < -0.3 is 172 Å². The molecule has 35 atom stereocenters. The van der Waals surface area contributed by atoms with E-state index in [2.05, 4.69) is 0 Å². The molecule has 0 saturated carbocycles. The first kappa shape index (κ1) is 69.0. The number of carbonyl (C=O) groups excluding carboxylic acids is 3. The minimum absolute atomic E-state index is 0.829. The summed E-state index contributed by atoms with van der Waals surface area (Å²) < 4.78 is 96.5. The third-order valence-corrected chi connectivity index (χ3v) is 15.6. The molecule has 21 heterocycles. The zero-order chi connectivity index (χ0) is 62.9. The van der Waals surface area contributed by atoms with Crippen molar-refractivity contribution in [3.63, 3.8) is 0 Å². The SMILES string of the molecule is CC(=O)OC[C@H]1O[C@@H]2O[C@H]3[C@H](O)[C@@H](O)[C@@H](O[C@H]4[C@H](O)[C@@H](O)[C@@H](O[C@H]5[C@H](O)[C@@H](O)[C@@H](O[C@H]6[C@H](O)[C@@H](O)[C@@H](O[C@H]7[C@H](O)[C@@H](O)[C@@H](O[C@H]8[C@H](O)[C@@H](O)[C@@H](O[C@H]1[C@H](O)[C@H]2O)O[C@@H]8CO)O[C@@H]7CO)O[C@@H]6COC(C)=O)O[C@@H]5COC(C)=O)O[C@@H]4CO)O[C@@H]3CO. The summed E-state index contributed by atoms with van der Waals surface area (Å²) in [6.45, 7) is -3.95. The molecule has 0 aliphatic carbocycles. The fourth-order valence-corrected chi connectivity index (χ4v) is 11.0. The van der Waals surface area contributed by atoms with Crippen molar-refractivity contribution >= 4 is 17.9 Å². The highest BCUT2D eigenvalue weighted by Crippen LogP contribution is 2.39. The Labute approximate surface area is 486 Å². The molecule has 21 aliphatic rings. The maximum Gasteiger partial charge on any atom is 0.302 e. The summed E-state index contributed by atoms with van der Waals surface area (Å²) in [4.78, 5) is 36.3. The largest absolute Gasteiger partial charge is 0.463 e. The molecule has 0 spiro atoms. The van der Waals surface area contributed by atoms with Gasteiger partial charge in [0.15, 0.2) is 44.0 Å². The minimum Gasteiger partial charge on any atom is -0.463 e. The quantitative estimate of drug-likeness (QED) is 0.0713. The zero-order valence-electron chi connectivity index (χ0n) is 45.9. The average molecular weight is 1260 g/mol. The zero-order valence-corrected chi connectivity index (χ0v) is 45.9. The topological polar surface area (TPSA) is 572 Å². The lowest BCUT2D eigenvalue weighted by molar-refractivity contribution is -0.396. The van der Waals surface area contributed by atoms with Crippen LogP contribution in [0.15, 0.2) is 0 Å². The molecule has 38 nitrogen and oxygen atoms in total. The highest BCUT2D eigenvalue weighted by Gasteiger charge is 2.60. The predicted octanol–water partition coefficient (Wildman–Crippen LogP) is -13.5. The van der Waals surface area contributed by atoms with Gasteiger partial charge in [-0.05, 0) is 0 Å². The van der Waals surface area contributed by atoms with Gasteiger partial charge in [0.2, 0.25) is 0 Å². The number of esters is 3. The molecule has 86 heavy (non-hydrogen) atoms. The first-order chi connectivity index (χ1) is 40.7. The molecule has 0 radical (unpaired) electrons. The second kappa shape index (κ2) is 29.6. The summed E-state index contributed by atoms with van der Waals surface area (Å²) in [5.74, 6) is -2.80. The van der Waals surface area contributed by atoms with Crippen LogP contribution in [0.3, 0.4) is 0 Å². The summed E-state index contributed by atoms with van der Waals surface area (Å²) in [5.41, 5.74) is 0. The van der Waals surface area contributed by atoms with Crippen molar-refractivity contribution in [2.45, 2.75) is 236 Å². The van der Waals surface area contributed by atoms with E-state index in [4.69, 9.17) is 80.5 Å². The van der Waals surface area contributed by atoms with Gasteiger partial charge in [0.25, 0.3) is 0 Å². The molecule has 0 unspecified atom stereocenters. The molecular weight excluding hydrogens is 1180 g/mol. The molecule has 38 heteroatoms. The number of aliphatic hydroxyl groups excluding tert-OH is 18. The molecule has 496 valence electrons. The van der Waals surface area contributed by atoms with Crippen LogP contribution in [0, 0.1) is 0 Å². The molecule has 0 aromatic heterocycles. The van der Waals surface area contributed by atoms with Crippen LogP contribution in [-0.4, -0.2) is 371 Å². The van der Waals surface area contributed by atoms with Crippen LogP contribution in [0.1, 0.15) is 20.8 Å². The summed E-state index contributed by atoms with van der Waals surface area (Å²) >= 11 is 0. The van der Waals surface area contributed by atoms with Crippen LogP contribution in [0.4, 0.5) is 0 Å². The predicted molar refractivity (Wildman–Crippen MR) is 257 cm³/mol. The first-order valence-electron chi connectivity index (χ1n) is 27.3. The molecule has 21 saturated heterocycles. The number of carbonyl (C=O) groups is 3. The van der Waals surface area contributed by atoms with Crippen molar-refractivity contribution < 1.29 is 187 Å². The van der Waals surface area contributed by atoms with E-state index in [1.54, 1.807) is 0 Å². The van der Waals surface area contributed by atoms with Crippen LogP contribution in [0.5, 0.6) is 0 Å². The van der Waals surface area contributed by atoms with E-state index >= 15 is 0 Å². The molecule has 0 aromatic carbocycles. The van der Waals surface area contributed by atoms with Gasteiger partial charge in [-0.2, -0.15) is 0 Å². The fraction of sp³-hybridized carbons (Fsp3) is 0.938.